The Kier molecular flexibility index (Phi) is 8.10. The molecule has 3 rings (SSSR count). The van der Waals surface area contributed by atoms with Crippen LogP contribution in [0, 0.1) is 0 Å². The maximum Gasteiger partial charge on any atom is 0.573 e. The number of carbonyl (C=O) groups excluding carboxylic acids is 1. The summed E-state index contributed by atoms with van der Waals surface area (Å²) in [5.41, 5.74) is 1.78. The molecule has 2 aromatic rings. The Morgan fingerprint density at radius 3 is 2.20 bits per heavy atom. The van der Waals surface area contributed by atoms with Gasteiger partial charge in [-0.3, -0.25) is 14.9 Å². The summed E-state index contributed by atoms with van der Waals surface area (Å²) >= 11 is 0. The molecule has 1 heterocycles. The van der Waals surface area contributed by atoms with Crippen LogP contribution in [0.2, 0.25) is 0 Å². The van der Waals surface area contributed by atoms with Gasteiger partial charge in [0, 0.05) is 34.2 Å². The summed E-state index contributed by atoms with van der Waals surface area (Å²) in [5, 5.41) is 9.15. The summed E-state index contributed by atoms with van der Waals surface area (Å²) in [6.45, 7) is 1.29. The largest absolute Gasteiger partial charge is 0.573 e. The number of nitrogens with zero attached hydrogens (tertiary/aromatic N) is 2. The van der Waals surface area contributed by atoms with Gasteiger partial charge in [-0.15, -0.1) is 13.2 Å². The molecule has 1 fully saturated rings. The molecule has 14 heteroatoms. The summed E-state index contributed by atoms with van der Waals surface area (Å²) in [7, 11) is -1.59. The van der Waals surface area contributed by atoms with Crippen LogP contribution in [-0.4, -0.2) is 75.5 Å². The van der Waals surface area contributed by atoms with Crippen molar-refractivity contribution in [3.8, 4) is 17.2 Å². The molecule has 2 N–H and O–H groups in total. The zero-order valence-electron chi connectivity index (χ0n) is 18.8. The molecule has 0 aromatic heterocycles. The SMILES string of the molecule is COc1ccc(S(=O)(=O)N2CCN(Cc3ccc(OC(F)(F)F)cc3)CC2)c(C(=O)NO)c1OC.[HH]. The molecule has 0 saturated carbocycles. The highest BCUT2D eigenvalue weighted by Gasteiger charge is 2.35. The van der Waals surface area contributed by atoms with E-state index in [2.05, 4.69) is 4.74 Å². The van der Waals surface area contributed by atoms with E-state index in [9.17, 15) is 26.4 Å². The normalized spacial score (nSPS) is 15.5. The number of halogens is 3. The molecule has 0 unspecified atom stereocenters. The summed E-state index contributed by atoms with van der Waals surface area (Å²) in [4.78, 5) is 13.9. The van der Waals surface area contributed by atoms with Crippen molar-refractivity contribution in [3.05, 3.63) is 47.5 Å². The van der Waals surface area contributed by atoms with Crippen molar-refractivity contribution >= 4 is 15.9 Å². The summed E-state index contributed by atoms with van der Waals surface area (Å²) in [5.74, 6) is -1.43. The molecule has 194 valence electrons. The average Bonchev–Trinajstić information content (AvgIpc) is 2.83. The van der Waals surface area contributed by atoms with Gasteiger partial charge in [-0.2, -0.15) is 4.31 Å². The first-order chi connectivity index (χ1) is 16.5. The molecule has 0 radical (unpaired) electrons. The maximum absolute atomic E-state index is 13.4. The van der Waals surface area contributed by atoms with Crippen molar-refractivity contribution in [2.45, 2.75) is 17.8 Å². The highest BCUT2D eigenvalue weighted by atomic mass is 32.2. The Bertz CT molecular complexity index is 1160. The van der Waals surface area contributed by atoms with Crippen molar-refractivity contribution < 1.29 is 47.2 Å². The first-order valence-electron chi connectivity index (χ1n) is 10.3. The predicted octanol–water partition coefficient (Wildman–Crippen LogP) is 2.47. The number of hydrogen-bond acceptors (Lipinski definition) is 8. The van der Waals surface area contributed by atoms with Gasteiger partial charge in [0.05, 0.1) is 19.1 Å². The van der Waals surface area contributed by atoms with E-state index in [4.69, 9.17) is 14.7 Å². The Labute approximate surface area is 201 Å². The van der Waals surface area contributed by atoms with Crippen LogP contribution in [-0.2, 0) is 16.6 Å². The zero-order valence-corrected chi connectivity index (χ0v) is 19.6. The average molecular weight is 522 g/mol. The van der Waals surface area contributed by atoms with Gasteiger partial charge in [-0.05, 0) is 29.8 Å². The van der Waals surface area contributed by atoms with Crippen LogP contribution in [0.25, 0.3) is 0 Å². The van der Waals surface area contributed by atoms with Crippen molar-refractivity contribution in [3.63, 3.8) is 0 Å². The third kappa shape index (κ3) is 6.14. The van der Waals surface area contributed by atoms with Gasteiger partial charge in [0.1, 0.15) is 11.3 Å². The van der Waals surface area contributed by atoms with Gasteiger partial charge >= 0.3 is 6.36 Å². The number of nitrogens with one attached hydrogen (secondary N) is 1. The monoisotopic (exact) mass is 521 g/mol. The third-order valence-corrected chi connectivity index (χ3v) is 7.29. The third-order valence-electron chi connectivity index (χ3n) is 5.35. The molecule has 1 aliphatic heterocycles. The smallest absolute Gasteiger partial charge is 0.493 e. The van der Waals surface area contributed by atoms with Crippen molar-refractivity contribution in [2.24, 2.45) is 0 Å². The van der Waals surface area contributed by atoms with E-state index in [0.717, 1.165) is 5.56 Å². The van der Waals surface area contributed by atoms with Crippen LogP contribution >= 0.6 is 0 Å². The number of benzene rings is 2. The van der Waals surface area contributed by atoms with E-state index in [-0.39, 0.29) is 36.7 Å². The van der Waals surface area contributed by atoms with Crippen LogP contribution in [0.3, 0.4) is 0 Å². The fourth-order valence-corrected chi connectivity index (χ4v) is 5.32. The molecule has 1 aliphatic rings. The highest BCUT2D eigenvalue weighted by Crippen LogP contribution is 2.36. The molecule has 1 amide bonds. The predicted molar refractivity (Wildman–Crippen MR) is 118 cm³/mol. The number of hydrogen-bond donors (Lipinski definition) is 2. The van der Waals surface area contributed by atoms with Crippen LogP contribution in [0.5, 0.6) is 17.2 Å². The molecule has 10 nitrogen and oxygen atoms in total. The van der Waals surface area contributed by atoms with E-state index in [1.54, 1.807) is 0 Å². The quantitative estimate of drug-likeness (QED) is 0.402. The van der Waals surface area contributed by atoms with Gasteiger partial charge in [0.25, 0.3) is 5.91 Å². The molecule has 35 heavy (non-hydrogen) atoms. The van der Waals surface area contributed by atoms with Crippen molar-refractivity contribution in [1.29, 1.82) is 0 Å². The van der Waals surface area contributed by atoms with Gasteiger partial charge in [-0.1, -0.05) is 12.1 Å². The van der Waals surface area contributed by atoms with Crippen LogP contribution in [0.4, 0.5) is 13.2 Å². The molecule has 2 aromatic carbocycles. The standard InChI is InChI=1S/C21H24F3N3O7S.H2/c1-32-16-7-8-17(18(19(16)33-2)20(28)25-29)35(30,31)27-11-9-26(10-12-27)13-14-3-5-15(6-4-14)34-21(22,23)24;/h3-8,29H,9-13H2,1-2H3,(H,25,28);1H. The van der Waals surface area contributed by atoms with Gasteiger partial charge < -0.3 is 14.2 Å². The molecular weight excluding hydrogens is 495 g/mol. The highest BCUT2D eigenvalue weighted by molar-refractivity contribution is 7.89. The van der Waals surface area contributed by atoms with E-state index in [1.807, 2.05) is 4.90 Å². The summed E-state index contributed by atoms with van der Waals surface area (Å²) in [6.07, 6.45) is -4.77. The van der Waals surface area contributed by atoms with Gasteiger partial charge in [0.2, 0.25) is 10.0 Å². The summed E-state index contributed by atoms with van der Waals surface area (Å²) in [6, 6.07) is 8.00. The first-order valence-corrected chi connectivity index (χ1v) is 11.7. The lowest BCUT2D eigenvalue weighted by Gasteiger charge is -2.34. The Morgan fingerprint density at radius 1 is 1.06 bits per heavy atom. The Hall–Kier alpha value is -3.07. The number of amides is 1. The van der Waals surface area contributed by atoms with Crippen LogP contribution < -0.4 is 19.7 Å². The van der Waals surface area contributed by atoms with Crippen LogP contribution in [0.1, 0.15) is 17.3 Å². The zero-order chi connectivity index (χ0) is 25.8. The minimum absolute atomic E-state index is 0. The second-order valence-corrected chi connectivity index (χ2v) is 9.39. The van der Waals surface area contributed by atoms with Gasteiger partial charge in [-0.25, -0.2) is 13.9 Å². The Balaban J connectivity index is 0.00000456. The number of rotatable bonds is 8. The number of piperazine rings is 1. The fourth-order valence-electron chi connectivity index (χ4n) is 3.72. The van der Waals surface area contributed by atoms with E-state index in [0.29, 0.717) is 19.6 Å². The first kappa shape index (κ1) is 26.5. The molecule has 0 bridgehead atoms. The number of alkyl halides is 3. The number of hydroxylamine groups is 1. The molecule has 0 spiro atoms. The number of carbonyl (C=O) groups is 1. The molecular formula is C21H26F3N3O7S. The number of ether oxygens (including phenoxy) is 3. The number of methoxy groups -OCH3 is 2. The van der Waals surface area contributed by atoms with Crippen molar-refractivity contribution in [1.82, 2.24) is 14.7 Å². The Morgan fingerprint density at radius 2 is 1.69 bits per heavy atom. The van der Waals surface area contributed by atoms with Gasteiger partial charge in [0.15, 0.2) is 11.5 Å². The minimum Gasteiger partial charge on any atom is -0.493 e. The lowest BCUT2D eigenvalue weighted by molar-refractivity contribution is -0.274. The number of sulfonamides is 1. The van der Waals surface area contributed by atoms with Crippen molar-refractivity contribution in [2.75, 3.05) is 40.4 Å². The van der Waals surface area contributed by atoms with E-state index in [1.165, 1.54) is 60.4 Å². The second kappa shape index (κ2) is 10.7. The van der Waals surface area contributed by atoms with E-state index < -0.39 is 27.9 Å². The topological polar surface area (TPSA) is 118 Å². The molecule has 1 saturated heterocycles. The molecule has 0 aliphatic carbocycles. The maximum atomic E-state index is 13.4. The fraction of sp³-hybridized carbons (Fsp3) is 0.381. The second-order valence-electron chi connectivity index (χ2n) is 7.49. The minimum atomic E-state index is -4.77. The van der Waals surface area contributed by atoms with E-state index >= 15 is 0 Å². The van der Waals surface area contributed by atoms with Crippen LogP contribution in [0.15, 0.2) is 41.3 Å². The molecule has 0 atom stereocenters. The summed E-state index contributed by atoms with van der Waals surface area (Å²) < 4.78 is 79.0. The lowest BCUT2D eigenvalue weighted by atomic mass is 10.1. The lowest BCUT2D eigenvalue weighted by Crippen LogP contribution is -2.48.